The van der Waals surface area contributed by atoms with Gasteiger partial charge in [0.2, 0.25) is 0 Å². The Morgan fingerprint density at radius 2 is 2.36 bits per heavy atom. The summed E-state index contributed by atoms with van der Waals surface area (Å²) in [6.07, 6.45) is 4.04. The van der Waals surface area contributed by atoms with Gasteiger partial charge in [0.1, 0.15) is 5.69 Å². The third kappa shape index (κ3) is 2.30. The number of hydrazine groups is 1. The van der Waals surface area contributed by atoms with E-state index < -0.39 is 0 Å². The molecule has 1 fully saturated rings. The topological polar surface area (TPSA) is 63.3 Å². The average molecular weight is 255 g/mol. The van der Waals surface area contributed by atoms with E-state index in [9.17, 15) is 0 Å². The van der Waals surface area contributed by atoms with Crippen LogP contribution in [0.2, 0.25) is 0 Å². The lowest BCUT2D eigenvalue weighted by Gasteiger charge is -2.04. The molecule has 4 nitrogen and oxygen atoms in total. The Hall–Kier alpha value is -0.940. The highest BCUT2D eigenvalue weighted by Gasteiger charge is 2.21. The molecule has 2 rings (SSSR count). The second kappa shape index (κ2) is 4.06. The fourth-order valence-electron chi connectivity index (χ4n) is 1.08. The minimum atomic E-state index is 0.437. The maximum Gasteiger partial charge on any atom is 0.161 e. The first-order valence-corrected chi connectivity index (χ1v) is 5.25. The molecule has 3 N–H and O–H groups in total. The van der Waals surface area contributed by atoms with Crippen molar-refractivity contribution >= 4 is 21.8 Å². The van der Waals surface area contributed by atoms with E-state index in [2.05, 4.69) is 31.3 Å². The van der Waals surface area contributed by atoms with Crippen molar-refractivity contribution in [1.29, 1.82) is 0 Å². The number of hydrogen-bond acceptors (Lipinski definition) is 3. The fourth-order valence-corrected chi connectivity index (χ4v) is 1.31. The zero-order valence-electron chi connectivity index (χ0n) is 7.57. The number of nitrogens with one attached hydrogen (secondary N) is 1. The van der Waals surface area contributed by atoms with Gasteiger partial charge in [0, 0.05) is 10.7 Å². The van der Waals surface area contributed by atoms with Gasteiger partial charge in [-0.05, 0) is 40.9 Å². The molecule has 1 aliphatic carbocycles. The van der Waals surface area contributed by atoms with Crippen LogP contribution in [-0.2, 0) is 0 Å². The van der Waals surface area contributed by atoms with Gasteiger partial charge in [0.15, 0.2) is 5.84 Å². The third-order valence-electron chi connectivity index (χ3n) is 1.97. The van der Waals surface area contributed by atoms with E-state index in [-0.39, 0.29) is 0 Å². The van der Waals surface area contributed by atoms with Crippen LogP contribution >= 0.6 is 15.9 Å². The van der Waals surface area contributed by atoms with Crippen molar-refractivity contribution in [3.63, 3.8) is 0 Å². The van der Waals surface area contributed by atoms with Crippen molar-refractivity contribution in [3.05, 3.63) is 28.5 Å². The highest BCUT2D eigenvalue weighted by molar-refractivity contribution is 9.10. The van der Waals surface area contributed by atoms with Crippen molar-refractivity contribution in [2.24, 2.45) is 10.8 Å². The van der Waals surface area contributed by atoms with Gasteiger partial charge in [-0.15, -0.1) is 0 Å². The first-order chi connectivity index (χ1) is 6.79. The summed E-state index contributed by atoms with van der Waals surface area (Å²) < 4.78 is 0.948. The van der Waals surface area contributed by atoms with Gasteiger partial charge in [-0.25, -0.2) is 5.84 Å². The lowest BCUT2D eigenvalue weighted by Crippen LogP contribution is -2.32. The molecule has 74 valence electrons. The molecule has 0 bridgehead atoms. The van der Waals surface area contributed by atoms with Crippen LogP contribution in [0.4, 0.5) is 0 Å². The van der Waals surface area contributed by atoms with Crippen molar-refractivity contribution in [1.82, 2.24) is 10.4 Å². The Morgan fingerprint density at radius 3 is 2.86 bits per heavy atom. The molecule has 14 heavy (non-hydrogen) atoms. The predicted octanol–water partition coefficient (Wildman–Crippen LogP) is 1.22. The van der Waals surface area contributed by atoms with E-state index in [1.165, 1.54) is 0 Å². The van der Waals surface area contributed by atoms with Crippen LogP contribution in [0.1, 0.15) is 18.5 Å². The van der Waals surface area contributed by atoms with Crippen LogP contribution in [0.25, 0.3) is 0 Å². The molecule has 1 aromatic heterocycles. The molecule has 1 aromatic rings. The molecule has 0 spiro atoms. The smallest absolute Gasteiger partial charge is 0.161 e. The number of hydrogen-bond donors (Lipinski definition) is 2. The molecule has 1 saturated carbocycles. The highest BCUT2D eigenvalue weighted by Crippen LogP contribution is 2.23. The van der Waals surface area contributed by atoms with Gasteiger partial charge in [-0.1, -0.05) is 0 Å². The molecule has 0 aliphatic heterocycles. The Bertz CT molecular complexity index is 342. The molecule has 1 heterocycles. The molecular formula is C9H11BrN4. The normalized spacial score (nSPS) is 16.9. The number of halogens is 1. The largest absolute Gasteiger partial charge is 0.307 e. The number of pyridine rings is 1. The van der Waals surface area contributed by atoms with Gasteiger partial charge in [-0.3, -0.25) is 9.98 Å². The van der Waals surface area contributed by atoms with Crippen LogP contribution in [0, 0.1) is 0 Å². The fraction of sp³-hybridized carbons (Fsp3) is 0.333. The van der Waals surface area contributed by atoms with Gasteiger partial charge >= 0.3 is 0 Å². The molecule has 0 aromatic carbocycles. The van der Waals surface area contributed by atoms with Crippen molar-refractivity contribution in [2.75, 3.05) is 0 Å². The summed E-state index contributed by atoms with van der Waals surface area (Å²) in [6, 6.07) is 4.24. The van der Waals surface area contributed by atoms with E-state index >= 15 is 0 Å². The van der Waals surface area contributed by atoms with E-state index in [4.69, 9.17) is 5.84 Å². The van der Waals surface area contributed by atoms with Gasteiger partial charge in [-0.2, -0.15) is 0 Å². The number of amidine groups is 1. The van der Waals surface area contributed by atoms with Gasteiger partial charge in [0.25, 0.3) is 0 Å². The Morgan fingerprint density at radius 1 is 1.57 bits per heavy atom. The molecule has 0 amide bonds. The maximum atomic E-state index is 5.39. The molecule has 0 saturated heterocycles. The summed E-state index contributed by atoms with van der Waals surface area (Å²) >= 11 is 3.33. The van der Waals surface area contributed by atoms with E-state index in [1.54, 1.807) is 6.20 Å². The zero-order valence-corrected chi connectivity index (χ0v) is 9.16. The van der Waals surface area contributed by atoms with Crippen molar-refractivity contribution in [3.8, 4) is 0 Å². The summed E-state index contributed by atoms with van der Waals surface area (Å²) in [4.78, 5) is 8.62. The quantitative estimate of drug-likeness (QED) is 0.361. The summed E-state index contributed by atoms with van der Waals surface area (Å²) in [6.45, 7) is 0. The molecule has 0 radical (unpaired) electrons. The van der Waals surface area contributed by atoms with Gasteiger partial charge < -0.3 is 5.43 Å². The molecule has 0 unspecified atom stereocenters. The van der Waals surface area contributed by atoms with E-state index in [0.29, 0.717) is 11.9 Å². The second-order valence-corrected chi connectivity index (χ2v) is 4.13. The highest BCUT2D eigenvalue weighted by atomic mass is 79.9. The minimum Gasteiger partial charge on any atom is -0.307 e. The van der Waals surface area contributed by atoms with Gasteiger partial charge in [0.05, 0.1) is 6.04 Å². The summed E-state index contributed by atoms with van der Waals surface area (Å²) in [5.41, 5.74) is 3.36. The number of rotatable bonds is 2. The lowest BCUT2D eigenvalue weighted by atomic mass is 10.3. The second-order valence-electron chi connectivity index (χ2n) is 3.21. The number of nitrogens with two attached hydrogens (primary N) is 1. The van der Waals surface area contributed by atoms with Crippen LogP contribution in [0.5, 0.6) is 0 Å². The monoisotopic (exact) mass is 254 g/mol. The Kier molecular flexibility index (Phi) is 2.79. The van der Waals surface area contributed by atoms with Crippen LogP contribution in [0.15, 0.2) is 27.8 Å². The van der Waals surface area contributed by atoms with Crippen molar-refractivity contribution in [2.45, 2.75) is 18.9 Å². The van der Waals surface area contributed by atoms with Crippen LogP contribution < -0.4 is 11.3 Å². The van der Waals surface area contributed by atoms with E-state index in [0.717, 1.165) is 23.0 Å². The van der Waals surface area contributed by atoms with E-state index in [1.807, 2.05) is 12.1 Å². The van der Waals surface area contributed by atoms with Crippen LogP contribution in [-0.4, -0.2) is 16.9 Å². The molecule has 0 atom stereocenters. The van der Waals surface area contributed by atoms with Crippen molar-refractivity contribution < 1.29 is 0 Å². The first kappa shape index (κ1) is 9.61. The maximum absolute atomic E-state index is 5.39. The number of aliphatic imine (C=N–C) groups is 1. The Labute approximate surface area is 90.7 Å². The Balaban J connectivity index is 2.22. The standard InChI is InChI=1S/C9H11BrN4/c10-6-1-4-8(12-5-6)9(14-11)13-7-2-3-7/h1,4-5,7H,2-3,11H2,(H,13,14). The summed E-state index contributed by atoms with van der Waals surface area (Å²) in [5, 5.41) is 0. The molecule has 5 heteroatoms. The minimum absolute atomic E-state index is 0.437. The molecule has 1 aliphatic rings. The average Bonchev–Trinajstić information content (AvgIpc) is 3.00. The molecular weight excluding hydrogens is 244 g/mol. The SMILES string of the molecule is NNC(=NC1CC1)c1ccc(Br)cn1. The summed E-state index contributed by atoms with van der Waals surface area (Å²) in [7, 11) is 0. The predicted molar refractivity (Wildman–Crippen MR) is 58.8 cm³/mol. The number of aromatic nitrogens is 1. The third-order valence-corrected chi connectivity index (χ3v) is 2.43. The first-order valence-electron chi connectivity index (χ1n) is 4.46. The number of nitrogens with zero attached hydrogens (tertiary/aromatic N) is 2. The summed E-state index contributed by atoms with van der Waals surface area (Å²) in [5.74, 6) is 6.05. The van der Waals surface area contributed by atoms with Crippen LogP contribution in [0.3, 0.4) is 0 Å². The lowest BCUT2D eigenvalue weighted by molar-refractivity contribution is 0.961. The zero-order chi connectivity index (χ0) is 9.97.